The average molecular weight is 192 g/mol. The molecule has 0 unspecified atom stereocenters. The number of fused-ring (bicyclic) bond motifs is 1. The van der Waals surface area contributed by atoms with E-state index in [0.717, 1.165) is 16.3 Å². The highest BCUT2D eigenvalue weighted by molar-refractivity contribution is 6.30. The second kappa shape index (κ2) is 3.27. The van der Waals surface area contributed by atoms with Crippen LogP contribution in [0.15, 0.2) is 30.1 Å². The number of rotatable bonds is 0. The number of nitrogens with one attached hydrogen (secondary N) is 1. The van der Waals surface area contributed by atoms with Crippen LogP contribution in [0.4, 0.5) is 0 Å². The summed E-state index contributed by atoms with van der Waals surface area (Å²) in [7, 11) is 0. The molecule has 13 heavy (non-hydrogen) atoms. The minimum absolute atomic E-state index is 0.776. The Hall–Kier alpha value is -1.21. The molecule has 1 aromatic rings. The minimum Gasteiger partial charge on any atom is -0.365 e. The summed E-state index contributed by atoms with van der Waals surface area (Å²) >= 11 is 5.90. The normalized spacial score (nSPS) is 14.2. The third-order valence-corrected chi connectivity index (χ3v) is 2.23. The molecule has 0 radical (unpaired) electrons. The summed E-state index contributed by atoms with van der Waals surface area (Å²) in [6.07, 6.45) is 6.06. The molecular formula is C11H10ClN. The summed E-state index contributed by atoms with van der Waals surface area (Å²) in [5.41, 5.74) is 3.47. The molecule has 1 heterocycles. The third kappa shape index (κ3) is 1.76. The van der Waals surface area contributed by atoms with Crippen LogP contribution in [-0.2, 0) is 0 Å². The lowest BCUT2D eigenvalue weighted by Crippen LogP contribution is -1.97. The summed E-state index contributed by atoms with van der Waals surface area (Å²) in [6, 6.07) is 5.89. The van der Waals surface area contributed by atoms with Gasteiger partial charge in [-0.1, -0.05) is 17.7 Å². The van der Waals surface area contributed by atoms with Crippen LogP contribution in [0.3, 0.4) is 0 Å². The fraction of sp³-hybridized carbons (Fsp3) is 0.0909. The average Bonchev–Trinajstić information content (AvgIpc) is 2.25. The molecule has 0 amide bonds. The van der Waals surface area contributed by atoms with Gasteiger partial charge in [0.2, 0.25) is 0 Å². The van der Waals surface area contributed by atoms with E-state index in [2.05, 4.69) is 11.4 Å². The maximum Gasteiger partial charge on any atom is 0.0412 e. The fourth-order valence-corrected chi connectivity index (χ4v) is 1.54. The molecule has 0 spiro atoms. The molecule has 0 saturated heterocycles. The Kier molecular flexibility index (Phi) is 2.11. The standard InChI is InChI=1S/C11H10ClN/c1-8-6-10-7-11(12)3-2-9(10)4-5-13-8/h2-7,13H,1H3. The van der Waals surface area contributed by atoms with E-state index in [-0.39, 0.29) is 0 Å². The Morgan fingerprint density at radius 3 is 2.92 bits per heavy atom. The summed E-state index contributed by atoms with van der Waals surface area (Å²) in [5, 5.41) is 3.92. The molecule has 0 bridgehead atoms. The Labute approximate surface area is 82.7 Å². The zero-order valence-electron chi connectivity index (χ0n) is 7.34. The van der Waals surface area contributed by atoms with Crippen molar-refractivity contribution in [3.8, 4) is 0 Å². The van der Waals surface area contributed by atoms with Crippen LogP contribution in [0.25, 0.3) is 12.2 Å². The maximum absolute atomic E-state index is 5.90. The van der Waals surface area contributed by atoms with Crippen LogP contribution in [0, 0.1) is 0 Å². The molecule has 0 atom stereocenters. The van der Waals surface area contributed by atoms with Gasteiger partial charge in [0.05, 0.1) is 0 Å². The van der Waals surface area contributed by atoms with Crippen LogP contribution < -0.4 is 5.32 Å². The van der Waals surface area contributed by atoms with Crippen molar-refractivity contribution < 1.29 is 0 Å². The Morgan fingerprint density at radius 1 is 1.23 bits per heavy atom. The van der Waals surface area contributed by atoms with Gasteiger partial charge in [-0.25, -0.2) is 0 Å². The van der Waals surface area contributed by atoms with Crippen LogP contribution in [0.2, 0.25) is 5.02 Å². The van der Waals surface area contributed by atoms with Crippen molar-refractivity contribution >= 4 is 23.8 Å². The smallest absolute Gasteiger partial charge is 0.0412 e. The zero-order valence-corrected chi connectivity index (χ0v) is 8.10. The first kappa shape index (κ1) is 8.39. The number of hydrogen-bond acceptors (Lipinski definition) is 1. The minimum atomic E-state index is 0.776. The first-order valence-electron chi connectivity index (χ1n) is 4.17. The SMILES string of the molecule is CC1=Cc2cc(Cl)ccc2C=CN1. The third-order valence-electron chi connectivity index (χ3n) is 1.99. The van der Waals surface area contributed by atoms with Gasteiger partial charge in [-0.3, -0.25) is 0 Å². The lowest BCUT2D eigenvalue weighted by atomic mass is 10.1. The van der Waals surface area contributed by atoms with Gasteiger partial charge in [-0.15, -0.1) is 0 Å². The molecule has 1 N–H and O–H groups in total. The maximum atomic E-state index is 5.90. The highest BCUT2D eigenvalue weighted by Crippen LogP contribution is 2.21. The molecular weight excluding hydrogens is 182 g/mol. The van der Waals surface area contributed by atoms with Crippen molar-refractivity contribution in [1.29, 1.82) is 0 Å². The molecule has 0 aromatic heterocycles. The first-order valence-corrected chi connectivity index (χ1v) is 4.54. The molecule has 66 valence electrons. The van der Waals surface area contributed by atoms with Gasteiger partial charge in [-0.2, -0.15) is 0 Å². The largest absolute Gasteiger partial charge is 0.365 e. The Morgan fingerprint density at radius 2 is 2.08 bits per heavy atom. The van der Waals surface area contributed by atoms with E-state index >= 15 is 0 Å². The number of allylic oxidation sites excluding steroid dienone is 1. The van der Waals surface area contributed by atoms with Gasteiger partial charge in [0.25, 0.3) is 0 Å². The molecule has 0 saturated carbocycles. The molecule has 0 aliphatic carbocycles. The summed E-state index contributed by atoms with van der Waals surface area (Å²) in [4.78, 5) is 0. The lowest BCUT2D eigenvalue weighted by Gasteiger charge is -2.00. The monoisotopic (exact) mass is 191 g/mol. The highest BCUT2D eigenvalue weighted by atomic mass is 35.5. The quantitative estimate of drug-likeness (QED) is 0.664. The van der Waals surface area contributed by atoms with E-state index in [1.807, 2.05) is 37.4 Å². The summed E-state index contributed by atoms with van der Waals surface area (Å²) in [6.45, 7) is 2.03. The number of benzene rings is 1. The van der Waals surface area contributed by atoms with Gasteiger partial charge < -0.3 is 5.32 Å². The van der Waals surface area contributed by atoms with Gasteiger partial charge in [0.15, 0.2) is 0 Å². The van der Waals surface area contributed by atoms with E-state index in [1.54, 1.807) is 0 Å². The molecule has 2 heteroatoms. The van der Waals surface area contributed by atoms with E-state index in [9.17, 15) is 0 Å². The Bertz CT molecular complexity index is 391. The lowest BCUT2D eigenvalue weighted by molar-refractivity contribution is 1.08. The van der Waals surface area contributed by atoms with E-state index in [1.165, 1.54) is 5.56 Å². The fourth-order valence-electron chi connectivity index (χ4n) is 1.36. The molecule has 2 rings (SSSR count). The van der Waals surface area contributed by atoms with Crippen molar-refractivity contribution in [3.05, 3.63) is 46.2 Å². The van der Waals surface area contributed by atoms with Crippen molar-refractivity contribution in [3.63, 3.8) is 0 Å². The molecule has 0 fully saturated rings. The second-order valence-electron chi connectivity index (χ2n) is 3.08. The topological polar surface area (TPSA) is 12.0 Å². The van der Waals surface area contributed by atoms with Crippen LogP contribution in [0.1, 0.15) is 18.1 Å². The van der Waals surface area contributed by atoms with Crippen molar-refractivity contribution in [1.82, 2.24) is 5.32 Å². The second-order valence-corrected chi connectivity index (χ2v) is 3.51. The molecule has 1 nitrogen and oxygen atoms in total. The molecule has 1 aromatic carbocycles. The van der Waals surface area contributed by atoms with Gasteiger partial charge >= 0.3 is 0 Å². The van der Waals surface area contributed by atoms with Crippen LogP contribution in [0.5, 0.6) is 0 Å². The Balaban J connectivity index is 2.59. The predicted octanol–water partition coefficient (Wildman–Crippen LogP) is 3.27. The van der Waals surface area contributed by atoms with Crippen LogP contribution >= 0.6 is 11.6 Å². The van der Waals surface area contributed by atoms with Crippen molar-refractivity contribution in [2.75, 3.05) is 0 Å². The number of hydrogen-bond donors (Lipinski definition) is 1. The van der Waals surface area contributed by atoms with Crippen LogP contribution in [-0.4, -0.2) is 0 Å². The van der Waals surface area contributed by atoms with Crippen molar-refractivity contribution in [2.45, 2.75) is 6.92 Å². The summed E-state index contributed by atoms with van der Waals surface area (Å²) < 4.78 is 0. The first-order chi connectivity index (χ1) is 6.25. The molecule has 1 aliphatic heterocycles. The van der Waals surface area contributed by atoms with Crippen molar-refractivity contribution in [2.24, 2.45) is 0 Å². The summed E-state index contributed by atoms with van der Waals surface area (Å²) in [5.74, 6) is 0. The predicted molar refractivity (Wildman–Crippen MR) is 57.3 cm³/mol. The van der Waals surface area contributed by atoms with Gasteiger partial charge in [0, 0.05) is 16.9 Å². The van der Waals surface area contributed by atoms with E-state index in [4.69, 9.17) is 11.6 Å². The van der Waals surface area contributed by atoms with E-state index in [0.29, 0.717) is 0 Å². The van der Waals surface area contributed by atoms with Gasteiger partial charge in [0.1, 0.15) is 0 Å². The van der Waals surface area contributed by atoms with Gasteiger partial charge in [-0.05, 0) is 42.3 Å². The number of halogens is 1. The van der Waals surface area contributed by atoms with E-state index < -0.39 is 0 Å². The highest BCUT2D eigenvalue weighted by Gasteiger charge is 2.01. The zero-order chi connectivity index (χ0) is 9.26. The molecule has 1 aliphatic rings.